The Bertz CT molecular complexity index is 1010. The lowest BCUT2D eigenvalue weighted by atomic mass is 10.1. The van der Waals surface area contributed by atoms with Crippen molar-refractivity contribution < 1.29 is 27.8 Å². The van der Waals surface area contributed by atoms with E-state index in [1.807, 2.05) is 19.1 Å². The molecule has 1 heterocycles. The minimum atomic E-state index is -4.98. The summed E-state index contributed by atoms with van der Waals surface area (Å²) < 4.78 is 39.3. The molecule has 1 aliphatic heterocycles. The number of halogens is 3. The van der Waals surface area contributed by atoms with Crippen LogP contribution in [-0.4, -0.2) is 46.8 Å². The molecule has 2 aromatic carbocycles. The minimum absolute atomic E-state index is 0.00811. The van der Waals surface area contributed by atoms with E-state index < -0.39 is 38.6 Å². The molecule has 170 valence electrons. The van der Waals surface area contributed by atoms with Gasteiger partial charge in [-0.2, -0.15) is 13.2 Å². The number of amides is 1. The zero-order valence-corrected chi connectivity index (χ0v) is 17.0. The van der Waals surface area contributed by atoms with E-state index in [4.69, 9.17) is 0 Å². The van der Waals surface area contributed by atoms with Gasteiger partial charge in [0.15, 0.2) is 5.69 Å². The molecule has 0 aromatic heterocycles. The maximum Gasteiger partial charge on any atom is 0.416 e. The summed E-state index contributed by atoms with van der Waals surface area (Å²) in [4.78, 5) is 36.3. The fourth-order valence-electron chi connectivity index (χ4n) is 3.57. The highest BCUT2D eigenvalue weighted by Crippen LogP contribution is 2.43. The molecule has 0 bridgehead atoms. The number of aryl methyl sites for hydroxylation is 1. The second-order valence-corrected chi connectivity index (χ2v) is 7.20. The van der Waals surface area contributed by atoms with Crippen LogP contribution < -0.4 is 4.90 Å². The van der Waals surface area contributed by atoms with Crippen molar-refractivity contribution in [1.29, 1.82) is 0 Å². The van der Waals surface area contributed by atoms with Crippen LogP contribution in [0.3, 0.4) is 0 Å². The van der Waals surface area contributed by atoms with Gasteiger partial charge in [0, 0.05) is 43.9 Å². The molecule has 2 aromatic rings. The van der Waals surface area contributed by atoms with Gasteiger partial charge >= 0.3 is 6.18 Å². The van der Waals surface area contributed by atoms with Crippen molar-refractivity contribution >= 4 is 23.0 Å². The van der Waals surface area contributed by atoms with Gasteiger partial charge in [-0.15, -0.1) is 0 Å². The number of nitrogens with zero attached hydrogens (tertiary/aromatic N) is 4. The SMILES string of the molecule is CCc1ccc(C(=O)N2CCN(c3c([N+](=O)[O-])cc(C(F)(F)F)cc3[N+](=O)[O-])CC2)cc1. The molecule has 1 amide bonds. The molecule has 0 aliphatic carbocycles. The molecule has 0 radical (unpaired) electrons. The van der Waals surface area contributed by atoms with Gasteiger partial charge < -0.3 is 9.80 Å². The standard InChI is InChI=1S/C20H19F3N4O5/c1-2-13-3-5-14(6-4-13)19(28)25-9-7-24(8-10-25)18-16(26(29)30)11-15(20(21,22)23)12-17(18)27(31)32/h3-6,11-12H,2,7-10H2,1H3. The molecular weight excluding hydrogens is 433 g/mol. The maximum absolute atomic E-state index is 13.1. The molecule has 0 N–H and O–H groups in total. The number of piperazine rings is 1. The number of hydrogen-bond donors (Lipinski definition) is 0. The first kappa shape index (κ1) is 23.0. The monoisotopic (exact) mass is 452 g/mol. The Morgan fingerprint density at radius 1 is 0.969 bits per heavy atom. The number of carbonyl (C=O) groups is 1. The van der Waals surface area contributed by atoms with Gasteiger partial charge in [-0.05, 0) is 24.1 Å². The minimum Gasteiger partial charge on any atom is -0.357 e. The number of anilines is 1. The van der Waals surface area contributed by atoms with Gasteiger partial charge in [-0.3, -0.25) is 25.0 Å². The molecule has 3 rings (SSSR count). The van der Waals surface area contributed by atoms with Crippen LogP contribution in [0.5, 0.6) is 0 Å². The largest absolute Gasteiger partial charge is 0.416 e. The zero-order valence-electron chi connectivity index (χ0n) is 17.0. The summed E-state index contributed by atoms with van der Waals surface area (Å²) in [6.45, 7) is 2.17. The summed E-state index contributed by atoms with van der Waals surface area (Å²) in [6, 6.07) is 7.65. The van der Waals surface area contributed by atoms with Gasteiger partial charge in [-0.25, -0.2) is 0 Å². The summed E-state index contributed by atoms with van der Waals surface area (Å²) in [6.07, 6.45) is -4.16. The van der Waals surface area contributed by atoms with Crippen molar-refractivity contribution in [3.8, 4) is 0 Å². The quantitative estimate of drug-likeness (QED) is 0.500. The molecule has 12 heteroatoms. The molecule has 0 atom stereocenters. The number of nitro benzene ring substituents is 2. The highest BCUT2D eigenvalue weighted by molar-refractivity contribution is 5.94. The Kier molecular flexibility index (Phi) is 6.32. The Labute approximate surface area is 180 Å². The van der Waals surface area contributed by atoms with E-state index in [-0.39, 0.29) is 32.1 Å². The second-order valence-electron chi connectivity index (χ2n) is 7.20. The fraction of sp³-hybridized carbons (Fsp3) is 0.350. The first-order chi connectivity index (χ1) is 15.0. The van der Waals surface area contributed by atoms with Crippen LogP contribution in [0.2, 0.25) is 0 Å². The number of rotatable bonds is 5. The molecule has 0 spiro atoms. The van der Waals surface area contributed by atoms with Crippen LogP contribution in [0, 0.1) is 20.2 Å². The number of hydrogen-bond acceptors (Lipinski definition) is 6. The first-order valence-electron chi connectivity index (χ1n) is 9.70. The maximum atomic E-state index is 13.1. The third kappa shape index (κ3) is 4.63. The van der Waals surface area contributed by atoms with Crippen LogP contribution in [0.1, 0.15) is 28.4 Å². The van der Waals surface area contributed by atoms with Crippen molar-refractivity contribution in [1.82, 2.24) is 4.90 Å². The Morgan fingerprint density at radius 3 is 1.88 bits per heavy atom. The van der Waals surface area contributed by atoms with Gasteiger partial charge in [-0.1, -0.05) is 19.1 Å². The van der Waals surface area contributed by atoms with Gasteiger partial charge in [0.1, 0.15) is 0 Å². The van der Waals surface area contributed by atoms with E-state index in [9.17, 15) is 38.2 Å². The zero-order chi connectivity index (χ0) is 23.6. The molecule has 1 fully saturated rings. The van der Waals surface area contributed by atoms with Crippen molar-refractivity contribution in [3.63, 3.8) is 0 Å². The van der Waals surface area contributed by atoms with Crippen molar-refractivity contribution in [2.45, 2.75) is 19.5 Å². The number of alkyl halides is 3. The van der Waals surface area contributed by atoms with E-state index >= 15 is 0 Å². The van der Waals surface area contributed by atoms with Crippen LogP contribution in [0.4, 0.5) is 30.2 Å². The molecule has 1 saturated heterocycles. The van der Waals surface area contributed by atoms with Crippen LogP contribution >= 0.6 is 0 Å². The molecular formula is C20H19F3N4O5. The smallest absolute Gasteiger partial charge is 0.357 e. The number of carbonyl (C=O) groups excluding carboxylic acids is 1. The van der Waals surface area contributed by atoms with Crippen molar-refractivity contribution in [3.05, 3.63) is 73.3 Å². The normalized spacial score (nSPS) is 14.4. The second kappa shape index (κ2) is 8.81. The number of benzene rings is 2. The first-order valence-corrected chi connectivity index (χ1v) is 9.70. The number of nitro groups is 2. The summed E-state index contributed by atoms with van der Waals surface area (Å²) >= 11 is 0. The van der Waals surface area contributed by atoms with E-state index in [0.717, 1.165) is 12.0 Å². The predicted molar refractivity (Wildman–Crippen MR) is 109 cm³/mol. The van der Waals surface area contributed by atoms with E-state index in [1.54, 1.807) is 12.1 Å². The summed E-state index contributed by atoms with van der Waals surface area (Å²) in [5.41, 5.74) is -2.44. The van der Waals surface area contributed by atoms with Crippen LogP contribution in [0.25, 0.3) is 0 Å². The molecule has 0 saturated carbocycles. The Balaban J connectivity index is 1.87. The lowest BCUT2D eigenvalue weighted by molar-refractivity contribution is -0.393. The van der Waals surface area contributed by atoms with E-state index in [2.05, 4.69) is 0 Å². The highest BCUT2D eigenvalue weighted by atomic mass is 19.4. The van der Waals surface area contributed by atoms with Gasteiger partial charge in [0.2, 0.25) is 0 Å². The average Bonchev–Trinajstić information content (AvgIpc) is 2.77. The van der Waals surface area contributed by atoms with E-state index in [0.29, 0.717) is 17.7 Å². The average molecular weight is 452 g/mol. The third-order valence-electron chi connectivity index (χ3n) is 5.28. The third-order valence-corrected chi connectivity index (χ3v) is 5.28. The molecule has 9 nitrogen and oxygen atoms in total. The Morgan fingerprint density at radius 2 is 1.47 bits per heavy atom. The Hall–Kier alpha value is -3.70. The van der Waals surface area contributed by atoms with Crippen molar-refractivity contribution in [2.24, 2.45) is 0 Å². The molecule has 1 aliphatic rings. The van der Waals surface area contributed by atoms with Gasteiger partial charge in [0.05, 0.1) is 15.4 Å². The summed E-state index contributed by atoms with van der Waals surface area (Å²) in [7, 11) is 0. The van der Waals surface area contributed by atoms with E-state index in [1.165, 1.54) is 9.80 Å². The van der Waals surface area contributed by atoms with Crippen molar-refractivity contribution in [2.75, 3.05) is 31.1 Å². The molecule has 32 heavy (non-hydrogen) atoms. The topological polar surface area (TPSA) is 110 Å². The highest BCUT2D eigenvalue weighted by Gasteiger charge is 2.40. The lowest BCUT2D eigenvalue weighted by Crippen LogP contribution is -2.49. The van der Waals surface area contributed by atoms with Crippen LogP contribution in [-0.2, 0) is 12.6 Å². The van der Waals surface area contributed by atoms with Gasteiger partial charge in [0.25, 0.3) is 17.3 Å². The summed E-state index contributed by atoms with van der Waals surface area (Å²) in [5.74, 6) is -0.260. The van der Waals surface area contributed by atoms with Crippen LogP contribution in [0.15, 0.2) is 36.4 Å². The summed E-state index contributed by atoms with van der Waals surface area (Å²) in [5, 5.41) is 22.9. The predicted octanol–water partition coefficient (Wildman–Crippen LogP) is 4.05. The molecule has 0 unspecified atom stereocenters. The lowest BCUT2D eigenvalue weighted by Gasteiger charge is -2.35. The fourth-order valence-corrected chi connectivity index (χ4v) is 3.57.